The van der Waals surface area contributed by atoms with Gasteiger partial charge < -0.3 is 10.2 Å². The van der Waals surface area contributed by atoms with Gasteiger partial charge in [-0.05, 0) is 31.1 Å². The number of nitrogens with one attached hydrogen (secondary N) is 1. The minimum Gasteiger partial charge on any atom is -0.378 e. The Morgan fingerprint density at radius 2 is 0.674 bits per heavy atom. The van der Waals surface area contributed by atoms with Gasteiger partial charge in [0.1, 0.15) is 12.0 Å². The third-order valence-electron chi connectivity index (χ3n) is 10.7. The molecule has 0 fully saturated rings. The van der Waals surface area contributed by atoms with E-state index in [0.717, 1.165) is 19.3 Å². The molecule has 0 rings (SSSR count). The Kier molecular flexibility index (Phi) is 34.6. The predicted octanol–water partition coefficient (Wildman–Crippen LogP) is 14.2. The van der Waals surface area contributed by atoms with E-state index in [0.29, 0.717) is 0 Å². The molecule has 3 unspecified atom stereocenters. The number of unbranched alkanes of at least 4 members (excludes halogenated alkanes) is 30. The van der Waals surface area contributed by atoms with E-state index in [-0.39, 0.29) is 11.8 Å². The summed E-state index contributed by atoms with van der Waals surface area (Å²) in [5, 5.41) is 25.5. The molecule has 278 valence electrons. The Bertz CT molecular complexity index is 581. The molecule has 3 nitrogen and oxygen atoms in total. The lowest BCUT2D eigenvalue weighted by atomic mass is 9.86. The highest BCUT2D eigenvalue weighted by Gasteiger charge is 2.35. The first-order chi connectivity index (χ1) is 22.4. The zero-order valence-electron chi connectivity index (χ0n) is 32.7. The highest BCUT2D eigenvalue weighted by atomic mass is 16.3. The van der Waals surface area contributed by atoms with Crippen molar-refractivity contribution < 1.29 is 10.2 Å². The number of hydrogen-bond donors (Lipinski definition) is 3. The van der Waals surface area contributed by atoms with Crippen LogP contribution in [0.2, 0.25) is 0 Å². The van der Waals surface area contributed by atoms with Gasteiger partial charge in [0, 0.05) is 0 Å². The summed E-state index contributed by atoms with van der Waals surface area (Å²) < 4.78 is 0. The molecule has 0 aromatic rings. The number of aliphatic hydroxyl groups excluding tert-OH is 1. The fourth-order valence-corrected chi connectivity index (χ4v) is 7.06. The van der Waals surface area contributed by atoms with Crippen LogP contribution >= 0.6 is 0 Å². The molecule has 0 radical (unpaired) electrons. The summed E-state index contributed by atoms with van der Waals surface area (Å²) in [4.78, 5) is 0. The van der Waals surface area contributed by atoms with Gasteiger partial charge in [-0.25, -0.2) is 0 Å². The van der Waals surface area contributed by atoms with E-state index < -0.39 is 12.0 Å². The third kappa shape index (κ3) is 30.0. The summed E-state index contributed by atoms with van der Waals surface area (Å²) in [6, 6.07) is 0. The van der Waals surface area contributed by atoms with Gasteiger partial charge in [0.2, 0.25) is 0 Å². The average Bonchev–Trinajstić information content (AvgIpc) is 3.04. The summed E-state index contributed by atoms with van der Waals surface area (Å²) in [7, 11) is 0. The van der Waals surface area contributed by atoms with Crippen molar-refractivity contribution in [3.8, 4) is 0 Å². The second-order valence-corrected chi connectivity index (χ2v) is 15.8. The molecular weight excluding hydrogens is 562 g/mol. The molecule has 0 bridgehead atoms. The smallest absolute Gasteiger partial charge is 0.120 e. The Labute approximate surface area is 291 Å². The summed E-state index contributed by atoms with van der Waals surface area (Å²) >= 11 is 0. The molecule has 0 spiro atoms. The minimum absolute atomic E-state index is 0.0973. The van der Waals surface area contributed by atoms with Crippen molar-refractivity contribution in [3.05, 3.63) is 0 Å². The van der Waals surface area contributed by atoms with Crippen molar-refractivity contribution in [2.45, 2.75) is 265 Å². The van der Waals surface area contributed by atoms with Gasteiger partial charge in [-0.1, -0.05) is 234 Å². The molecule has 0 amide bonds. The molecule has 0 heterocycles. The molecular formula is C43H89NO2. The topological polar surface area (TPSA) is 52.5 Å². The van der Waals surface area contributed by atoms with Crippen LogP contribution < -0.4 is 5.32 Å². The second-order valence-electron chi connectivity index (χ2n) is 15.8. The molecule has 46 heavy (non-hydrogen) atoms. The van der Waals surface area contributed by atoms with Crippen molar-refractivity contribution in [1.82, 2.24) is 5.32 Å². The van der Waals surface area contributed by atoms with Crippen LogP contribution in [0, 0.1) is 11.8 Å². The summed E-state index contributed by atoms with van der Waals surface area (Å²) in [5.41, 5.74) is -0.963. The maximum absolute atomic E-state index is 11.7. The molecule has 0 aliphatic rings. The molecule has 0 aliphatic heterocycles. The maximum atomic E-state index is 11.7. The molecule has 0 saturated heterocycles. The van der Waals surface area contributed by atoms with E-state index in [4.69, 9.17) is 0 Å². The van der Waals surface area contributed by atoms with Gasteiger partial charge >= 0.3 is 0 Å². The highest BCUT2D eigenvalue weighted by molar-refractivity contribution is 4.84. The lowest BCUT2D eigenvalue weighted by Crippen LogP contribution is -2.56. The maximum Gasteiger partial charge on any atom is 0.120 e. The van der Waals surface area contributed by atoms with Gasteiger partial charge in [-0.15, -0.1) is 0 Å². The SMILES string of the molecule is CCCCCCCCCCCCCCCCCCC(C)C(O)(CCCCCCCCCCCCCCCCCC)NC(O)C(C)C. The number of rotatable bonds is 38. The molecule has 3 N–H and O–H groups in total. The van der Waals surface area contributed by atoms with E-state index in [1.54, 1.807) is 0 Å². The van der Waals surface area contributed by atoms with Crippen LogP contribution in [0.4, 0.5) is 0 Å². The standard InChI is InChI=1S/C43H89NO2/c1-6-8-10-12-14-16-18-20-22-24-26-28-30-32-34-36-38-41(5)43(46,44-42(45)40(3)4)39-37-35-33-31-29-27-25-23-21-19-17-15-13-11-9-7-2/h40-42,44-46H,6-39H2,1-5H3. The van der Waals surface area contributed by atoms with E-state index in [9.17, 15) is 10.2 Å². The number of aliphatic hydroxyl groups is 2. The van der Waals surface area contributed by atoms with Crippen molar-refractivity contribution in [2.24, 2.45) is 11.8 Å². The number of hydrogen-bond acceptors (Lipinski definition) is 3. The fourth-order valence-electron chi connectivity index (χ4n) is 7.06. The fraction of sp³-hybridized carbons (Fsp3) is 1.00. The molecule has 0 aromatic heterocycles. The Morgan fingerprint density at radius 3 is 0.957 bits per heavy atom. The van der Waals surface area contributed by atoms with Gasteiger partial charge in [0.15, 0.2) is 0 Å². The van der Waals surface area contributed by atoms with Crippen LogP contribution in [-0.2, 0) is 0 Å². The van der Waals surface area contributed by atoms with Crippen LogP contribution in [0.25, 0.3) is 0 Å². The van der Waals surface area contributed by atoms with Gasteiger partial charge in [0.25, 0.3) is 0 Å². The average molecular weight is 652 g/mol. The zero-order valence-corrected chi connectivity index (χ0v) is 32.7. The Hall–Kier alpha value is -0.120. The lowest BCUT2D eigenvalue weighted by molar-refractivity contribution is -0.102. The largest absolute Gasteiger partial charge is 0.378 e. The van der Waals surface area contributed by atoms with E-state index >= 15 is 0 Å². The minimum atomic E-state index is -0.963. The molecule has 3 atom stereocenters. The van der Waals surface area contributed by atoms with E-state index in [1.165, 1.54) is 199 Å². The normalized spacial score (nSPS) is 14.6. The third-order valence-corrected chi connectivity index (χ3v) is 10.7. The summed E-state index contributed by atoms with van der Waals surface area (Å²) in [6.07, 6.45) is 45.1. The van der Waals surface area contributed by atoms with Gasteiger partial charge in [-0.3, -0.25) is 5.32 Å². The summed E-state index contributed by atoms with van der Waals surface area (Å²) in [6.45, 7) is 10.8. The van der Waals surface area contributed by atoms with Crippen LogP contribution in [0.3, 0.4) is 0 Å². The van der Waals surface area contributed by atoms with Gasteiger partial charge in [-0.2, -0.15) is 0 Å². The van der Waals surface area contributed by atoms with E-state index in [1.807, 2.05) is 13.8 Å². The van der Waals surface area contributed by atoms with Crippen molar-refractivity contribution in [2.75, 3.05) is 0 Å². The quantitative estimate of drug-likeness (QED) is 0.0460. The first-order valence-electron chi connectivity index (χ1n) is 21.6. The first kappa shape index (κ1) is 45.9. The highest BCUT2D eigenvalue weighted by Crippen LogP contribution is 2.28. The molecule has 3 heteroatoms. The van der Waals surface area contributed by atoms with Gasteiger partial charge in [0.05, 0.1) is 0 Å². The monoisotopic (exact) mass is 652 g/mol. The first-order valence-corrected chi connectivity index (χ1v) is 21.6. The van der Waals surface area contributed by atoms with Crippen LogP contribution in [-0.4, -0.2) is 22.2 Å². The predicted molar refractivity (Wildman–Crippen MR) is 206 cm³/mol. The molecule has 0 saturated carbocycles. The van der Waals surface area contributed by atoms with Crippen molar-refractivity contribution >= 4 is 0 Å². The van der Waals surface area contributed by atoms with E-state index in [2.05, 4.69) is 26.1 Å². The molecule has 0 aliphatic carbocycles. The molecule has 0 aromatic carbocycles. The summed E-state index contributed by atoms with van der Waals surface area (Å²) in [5.74, 6) is 0.254. The van der Waals surface area contributed by atoms with Crippen LogP contribution in [0.5, 0.6) is 0 Å². The van der Waals surface area contributed by atoms with Crippen molar-refractivity contribution in [3.63, 3.8) is 0 Å². The van der Waals surface area contributed by atoms with Crippen molar-refractivity contribution in [1.29, 1.82) is 0 Å². The van der Waals surface area contributed by atoms with Crippen LogP contribution in [0.1, 0.15) is 253 Å². The Balaban J connectivity index is 3.92. The lowest BCUT2D eigenvalue weighted by Gasteiger charge is -2.38. The Morgan fingerprint density at radius 1 is 0.413 bits per heavy atom. The second kappa shape index (κ2) is 34.7. The zero-order chi connectivity index (χ0) is 34.0. The van der Waals surface area contributed by atoms with Crippen LogP contribution in [0.15, 0.2) is 0 Å².